The Balaban J connectivity index is 2.01. The third-order valence-electron chi connectivity index (χ3n) is 8.00. The molecular formula is C32H26F3N2+. The molecule has 184 valence electrons. The molecule has 0 unspecified atom stereocenters. The molecule has 0 aliphatic rings. The molecule has 0 spiro atoms. The molecule has 37 heavy (non-hydrogen) atoms. The summed E-state index contributed by atoms with van der Waals surface area (Å²) in [6.45, 7) is 8.71. The van der Waals surface area contributed by atoms with E-state index in [0.717, 1.165) is 43.8 Å². The monoisotopic (exact) mass is 495 g/mol. The normalized spacial score (nSPS) is 13.4. The molecule has 0 N–H and O–H groups in total. The Kier molecular flexibility index (Phi) is 4.18. The van der Waals surface area contributed by atoms with E-state index in [0.29, 0.717) is 16.3 Å². The minimum Gasteiger partial charge on any atom is -0.307 e. The minimum atomic E-state index is -4.48. The quantitative estimate of drug-likeness (QED) is 0.113. The van der Waals surface area contributed by atoms with Crippen molar-refractivity contribution in [1.82, 2.24) is 4.40 Å². The number of rotatable bonds is 0. The molecular weight excluding hydrogens is 469 g/mol. The zero-order valence-corrected chi connectivity index (χ0v) is 21.4. The average molecular weight is 496 g/mol. The molecule has 0 aliphatic carbocycles. The summed E-state index contributed by atoms with van der Waals surface area (Å²) in [5.41, 5.74) is 4.84. The van der Waals surface area contributed by atoms with Gasteiger partial charge in [-0.05, 0) is 51.8 Å². The standard InChI is InChI=1S/C32H26F3N2/c1-17-19-10-6-7-11-20(19)27(31(2,3)4)30-24(17)28-25-18(14-15-36(28)5)16-22(32(33,34)35)26-21-12-8-9-13-23(21)37(30)29(25)26/h6-16H,1-5H3/q+1. The Hall–Kier alpha value is -3.86. The largest absolute Gasteiger partial charge is 0.417 e. The molecule has 5 heteroatoms. The van der Waals surface area contributed by atoms with E-state index in [1.165, 1.54) is 11.5 Å². The van der Waals surface area contributed by atoms with Crippen LogP contribution in [0, 0.1) is 6.92 Å². The zero-order valence-electron chi connectivity index (χ0n) is 21.4. The highest BCUT2D eigenvalue weighted by atomic mass is 19.4. The van der Waals surface area contributed by atoms with Gasteiger partial charge >= 0.3 is 6.18 Å². The van der Waals surface area contributed by atoms with Crippen LogP contribution in [0.25, 0.3) is 59.8 Å². The highest BCUT2D eigenvalue weighted by molar-refractivity contribution is 6.29. The van der Waals surface area contributed by atoms with Crippen molar-refractivity contribution in [1.29, 1.82) is 0 Å². The Bertz CT molecular complexity index is 2070. The van der Waals surface area contributed by atoms with Gasteiger partial charge in [-0.25, -0.2) is 4.57 Å². The highest BCUT2D eigenvalue weighted by Crippen LogP contribution is 2.49. The number of hydrogen-bond acceptors (Lipinski definition) is 0. The van der Waals surface area contributed by atoms with Crippen molar-refractivity contribution in [2.75, 3.05) is 0 Å². The Morgan fingerprint density at radius 3 is 2.08 bits per heavy atom. The van der Waals surface area contributed by atoms with Crippen LogP contribution in [0.5, 0.6) is 0 Å². The molecule has 0 bridgehead atoms. The third-order valence-corrected chi connectivity index (χ3v) is 8.00. The van der Waals surface area contributed by atoms with Crippen LogP contribution in [0.3, 0.4) is 0 Å². The summed E-state index contributed by atoms with van der Waals surface area (Å²) >= 11 is 0. The van der Waals surface area contributed by atoms with Crippen molar-refractivity contribution in [2.45, 2.75) is 39.3 Å². The summed E-state index contributed by atoms with van der Waals surface area (Å²) in [4.78, 5) is 0. The number of aromatic nitrogens is 2. The van der Waals surface area contributed by atoms with Crippen molar-refractivity contribution >= 4 is 59.8 Å². The van der Waals surface area contributed by atoms with Crippen LogP contribution in [0.1, 0.15) is 37.5 Å². The topological polar surface area (TPSA) is 8.29 Å². The molecule has 0 fully saturated rings. The predicted molar refractivity (Wildman–Crippen MR) is 146 cm³/mol. The second kappa shape index (κ2) is 6.91. The predicted octanol–water partition coefficient (Wildman–Crippen LogP) is 8.59. The van der Waals surface area contributed by atoms with Crippen LogP contribution in [0.2, 0.25) is 0 Å². The lowest BCUT2D eigenvalue weighted by molar-refractivity contribution is -0.643. The maximum absolute atomic E-state index is 14.6. The van der Waals surface area contributed by atoms with Crippen molar-refractivity contribution in [3.05, 3.63) is 83.6 Å². The number of fused-ring (bicyclic) bond motifs is 7. The second-order valence-corrected chi connectivity index (χ2v) is 11.3. The number of benzene rings is 4. The number of nitrogens with zero attached hydrogens (tertiary/aromatic N) is 2. The first kappa shape index (κ1) is 22.3. The van der Waals surface area contributed by atoms with Gasteiger partial charge in [-0.15, -0.1) is 0 Å². The summed E-state index contributed by atoms with van der Waals surface area (Å²) < 4.78 is 48.0. The van der Waals surface area contributed by atoms with E-state index in [2.05, 4.69) is 54.9 Å². The van der Waals surface area contributed by atoms with E-state index in [1.807, 2.05) is 49.6 Å². The van der Waals surface area contributed by atoms with Crippen LogP contribution < -0.4 is 4.57 Å². The molecule has 0 saturated carbocycles. The third kappa shape index (κ3) is 2.74. The summed E-state index contributed by atoms with van der Waals surface area (Å²) in [6.07, 6.45) is -2.59. The van der Waals surface area contributed by atoms with E-state index in [1.54, 1.807) is 0 Å². The number of hydrogen-bond donors (Lipinski definition) is 0. The number of pyridine rings is 2. The van der Waals surface area contributed by atoms with Gasteiger partial charge in [-0.3, -0.25) is 0 Å². The SMILES string of the molecule is Cc1c2ccccc2c(C(C)(C)C)c2c1c1c3c(cc[n+]1C)cc(C(F)(F)F)c1c4ccccc4n2c13. The Morgan fingerprint density at radius 2 is 1.41 bits per heavy atom. The fourth-order valence-corrected chi connectivity index (χ4v) is 6.63. The molecule has 7 rings (SSSR count). The van der Waals surface area contributed by atoms with Gasteiger partial charge in [0.2, 0.25) is 5.52 Å². The molecule has 0 aliphatic heterocycles. The molecule has 3 aromatic heterocycles. The molecule has 2 nitrogen and oxygen atoms in total. The van der Waals surface area contributed by atoms with Gasteiger partial charge in [0.05, 0.1) is 32.9 Å². The lowest BCUT2D eigenvalue weighted by atomic mass is 9.80. The first-order chi connectivity index (χ1) is 17.5. The van der Waals surface area contributed by atoms with Crippen molar-refractivity contribution in [3.8, 4) is 0 Å². The fraction of sp³-hybridized carbons (Fsp3) is 0.219. The first-order valence-electron chi connectivity index (χ1n) is 12.5. The molecule has 0 atom stereocenters. The Morgan fingerprint density at radius 1 is 0.757 bits per heavy atom. The number of aryl methyl sites for hydroxylation is 2. The summed E-state index contributed by atoms with van der Waals surface area (Å²) in [6, 6.07) is 19.1. The summed E-state index contributed by atoms with van der Waals surface area (Å²) in [5, 5.41) is 5.78. The minimum absolute atomic E-state index is 0.263. The number of para-hydroxylation sites is 1. The first-order valence-corrected chi connectivity index (χ1v) is 12.5. The molecule has 0 saturated heterocycles. The molecule has 0 amide bonds. The summed E-state index contributed by atoms with van der Waals surface area (Å²) in [7, 11) is 1.99. The van der Waals surface area contributed by atoms with E-state index < -0.39 is 11.7 Å². The van der Waals surface area contributed by atoms with Crippen molar-refractivity contribution in [2.24, 2.45) is 7.05 Å². The maximum Gasteiger partial charge on any atom is 0.417 e. The van der Waals surface area contributed by atoms with Crippen LogP contribution in [-0.2, 0) is 18.6 Å². The van der Waals surface area contributed by atoms with E-state index >= 15 is 0 Å². The highest BCUT2D eigenvalue weighted by Gasteiger charge is 2.38. The molecule has 7 aromatic rings. The van der Waals surface area contributed by atoms with Gasteiger partial charge in [-0.2, -0.15) is 13.2 Å². The van der Waals surface area contributed by atoms with Gasteiger partial charge in [0, 0.05) is 16.8 Å². The van der Waals surface area contributed by atoms with Crippen molar-refractivity contribution in [3.63, 3.8) is 0 Å². The zero-order chi connectivity index (χ0) is 26.0. The van der Waals surface area contributed by atoms with E-state index in [-0.39, 0.29) is 10.8 Å². The van der Waals surface area contributed by atoms with Gasteiger partial charge in [0.15, 0.2) is 6.20 Å². The second-order valence-electron chi connectivity index (χ2n) is 11.3. The Labute approximate surface area is 211 Å². The van der Waals surface area contributed by atoms with Gasteiger partial charge in [0.25, 0.3) is 0 Å². The van der Waals surface area contributed by atoms with Crippen molar-refractivity contribution < 1.29 is 17.7 Å². The molecule has 3 heterocycles. The van der Waals surface area contributed by atoms with Gasteiger partial charge in [-0.1, -0.05) is 63.2 Å². The van der Waals surface area contributed by atoms with Crippen LogP contribution in [0.15, 0.2) is 66.9 Å². The number of alkyl halides is 3. The number of halogens is 3. The summed E-state index contributed by atoms with van der Waals surface area (Å²) in [5.74, 6) is 0. The van der Waals surface area contributed by atoms with E-state index in [4.69, 9.17) is 0 Å². The van der Waals surface area contributed by atoms with Gasteiger partial charge < -0.3 is 4.40 Å². The lowest BCUT2D eigenvalue weighted by Crippen LogP contribution is -2.29. The lowest BCUT2D eigenvalue weighted by Gasteiger charge is -2.27. The smallest absolute Gasteiger partial charge is 0.307 e. The van der Waals surface area contributed by atoms with E-state index in [9.17, 15) is 13.2 Å². The maximum atomic E-state index is 14.6. The fourth-order valence-electron chi connectivity index (χ4n) is 6.63. The molecule has 4 aromatic carbocycles. The average Bonchev–Trinajstić information content (AvgIpc) is 3.18. The molecule has 0 radical (unpaired) electrons. The van der Waals surface area contributed by atoms with Crippen LogP contribution in [0.4, 0.5) is 13.2 Å². The van der Waals surface area contributed by atoms with Gasteiger partial charge in [0.1, 0.15) is 7.05 Å². The van der Waals surface area contributed by atoms with Crippen LogP contribution >= 0.6 is 0 Å². The van der Waals surface area contributed by atoms with Crippen LogP contribution in [-0.4, -0.2) is 4.40 Å².